The van der Waals surface area contributed by atoms with Gasteiger partial charge in [-0.25, -0.2) is 4.39 Å². The molecule has 1 saturated heterocycles. The summed E-state index contributed by atoms with van der Waals surface area (Å²) in [6.45, 7) is 1.85. The van der Waals surface area contributed by atoms with Crippen LogP contribution in [-0.2, 0) is 9.53 Å². The van der Waals surface area contributed by atoms with Crippen LogP contribution < -0.4 is 0 Å². The van der Waals surface area contributed by atoms with Gasteiger partial charge in [-0.1, -0.05) is 12.1 Å². The van der Waals surface area contributed by atoms with Crippen LogP contribution in [0.5, 0.6) is 0 Å². The van der Waals surface area contributed by atoms with Gasteiger partial charge in [0.15, 0.2) is 0 Å². The first-order valence-corrected chi connectivity index (χ1v) is 5.66. The minimum atomic E-state index is -0.283. The Morgan fingerprint density at radius 3 is 2.80 bits per heavy atom. The molecule has 0 unspecified atom stereocenters. The van der Waals surface area contributed by atoms with Gasteiger partial charge in [-0.15, -0.1) is 11.8 Å². The molecule has 0 spiro atoms. The maximum Gasteiger partial charge on any atom is 0.319 e. The summed E-state index contributed by atoms with van der Waals surface area (Å²) in [4.78, 5) is 11.8. The van der Waals surface area contributed by atoms with Crippen molar-refractivity contribution >= 4 is 17.7 Å². The van der Waals surface area contributed by atoms with E-state index in [4.69, 9.17) is 4.74 Å². The highest BCUT2D eigenvalue weighted by Gasteiger charge is 2.32. The fraction of sp³-hybridized carbons (Fsp3) is 0.364. The van der Waals surface area contributed by atoms with Crippen LogP contribution in [0, 0.1) is 5.82 Å². The predicted molar refractivity (Wildman–Crippen MR) is 56.2 cm³/mol. The van der Waals surface area contributed by atoms with Gasteiger partial charge in [0.05, 0.1) is 0 Å². The Morgan fingerprint density at radius 2 is 2.20 bits per heavy atom. The number of carbonyl (C=O) groups excluding carboxylic acids is 1. The van der Waals surface area contributed by atoms with Gasteiger partial charge in [-0.2, -0.15) is 0 Å². The normalized spacial score (nSPS) is 25.3. The van der Waals surface area contributed by atoms with Crippen molar-refractivity contribution in [2.24, 2.45) is 0 Å². The summed E-state index contributed by atoms with van der Waals surface area (Å²) in [5.74, 6) is -0.523. The SMILES string of the molecule is C[C@H]1C[C@@H](Sc2ccccc2F)C(=O)O1. The molecule has 1 aromatic rings. The van der Waals surface area contributed by atoms with Gasteiger partial charge in [0.2, 0.25) is 0 Å². The number of cyclic esters (lactones) is 1. The van der Waals surface area contributed by atoms with Crippen molar-refractivity contribution in [3.63, 3.8) is 0 Å². The molecule has 4 heteroatoms. The molecule has 0 N–H and O–H groups in total. The minimum absolute atomic E-state index is 0.0539. The van der Waals surface area contributed by atoms with E-state index >= 15 is 0 Å². The summed E-state index contributed by atoms with van der Waals surface area (Å²) in [5, 5.41) is -0.267. The van der Waals surface area contributed by atoms with Crippen LogP contribution in [0.25, 0.3) is 0 Å². The molecule has 0 aliphatic carbocycles. The van der Waals surface area contributed by atoms with Crippen LogP contribution in [-0.4, -0.2) is 17.3 Å². The molecule has 15 heavy (non-hydrogen) atoms. The topological polar surface area (TPSA) is 26.3 Å². The Hall–Kier alpha value is -1.03. The fourth-order valence-electron chi connectivity index (χ4n) is 1.51. The Balaban J connectivity index is 2.09. The molecule has 2 atom stereocenters. The number of benzene rings is 1. The van der Waals surface area contributed by atoms with E-state index in [0.29, 0.717) is 11.3 Å². The van der Waals surface area contributed by atoms with E-state index in [9.17, 15) is 9.18 Å². The summed E-state index contributed by atoms with van der Waals surface area (Å²) >= 11 is 1.24. The second-order valence-corrected chi connectivity index (χ2v) is 4.76. The molecular formula is C11H11FO2S. The van der Waals surface area contributed by atoms with Gasteiger partial charge in [0.1, 0.15) is 17.2 Å². The Bertz CT molecular complexity index is 381. The highest BCUT2D eigenvalue weighted by molar-refractivity contribution is 8.00. The lowest BCUT2D eigenvalue weighted by Crippen LogP contribution is -2.09. The molecule has 1 fully saturated rings. The lowest BCUT2D eigenvalue weighted by Gasteiger charge is -2.05. The zero-order valence-corrected chi connectivity index (χ0v) is 9.09. The number of esters is 1. The molecule has 0 saturated carbocycles. The van der Waals surface area contributed by atoms with Crippen LogP contribution in [0.4, 0.5) is 4.39 Å². The standard InChI is InChI=1S/C11H11FO2S/c1-7-6-10(11(13)14-7)15-9-5-3-2-4-8(9)12/h2-5,7,10H,6H2,1H3/t7-,10+/m0/s1. The molecule has 0 bridgehead atoms. The van der Waals surface area contributed by atoms with E-state index in [1.54, 1.807) is 18.2 Å². The molecule has 2 rings (SSSR count). The quantitative estimate of drug-likeness (QED) is 0.725. The molecule has 1 aliphatic rings. The Morgan fingerprint density at radius 1 is 1.47 bits per heavy atom. The van der Waals surface area contributed by atoms with E-state index in [1.165, 1.54) is 17.8 Å². The largest absolute Gasteiger partial charge is 0.462 e. The summed E-state index contributed by atoms with van der Waals surface area (Å²) < 4.78 is 18.3. The second kappa shape index (κ2) is 4.23. The van der Waals surface area contributed by atoms with Crippen molar-refractivity contribution in [3.8, 4) is 0 Å². The van der Waals surface area contributed by atoms with Crippen LogP contribution >= 0.6 is 11.8 Å². The van der Waals surface area contributed by atoms with Crippen molar-refractivity contribution in [3.05, 3.63) is 30.1 Å². The van der Waals surface area contributed by atoms with Crippen LogP contribution in [0.2, 0.25) is 0 Å². The molecule has 1 heterocycles. The predicted octanol–water partition coefficient (Wildman–Crippen LogP) is 2.62. The van der Waals surface area contributed by atoms with E-state index in [1.807, 2.05) is 6.92 Å². The van der Waals surface area contributed by atoms with Crippen molar-refractivity contribution in [2.75, 3.05) is 0 Å². The Kier molecular flexibility index (Phi) is 2.95. The number of halogens is 1. The van der Waals surface area contributed by atoms with E-state index in [2.05, 4.69) is 0 Å². The summed E-state index contributed by atoms with van der Waals surface area (Å²) in [6.07, 6.45) is 0.597. The van der Waals surface area contributed by atoms with E-state index in [0.717, 1.165) is 0 Å². The minimum Gasteiger partial charge on any atom is -0.462 e. The van der Waals surface area contributed by atoms with Crippen molar-refractivity contribution in [2.45, 2.75) is 29.6 Å². The smallest absolute Gasteiger partial charge is 0.319 e. The number of rotatable bonds is 2. The molecule has 1 aliphatic heterocycles. The number of carbonyl (C=O) groups is 1. The first-order valence-electron chi connectivity index (χ1n) is 4.78. The molecule has 2 nitrogen and oxygen atoms in total. The van der Waals surface area contributed by atoms with Gasteiger partial charge in [-0.3, -0.25) is 4.79 Å². The zero-order valence-electron chi connectivity index (χ0n) is 8.27. The fourth-order valence-corrected chi connectivity index (χ4v) is 2.67. The van der Waals surface area contributed by atoms with Crippen LogP contribution in [0.1, 0.15) is 13.3 Å². The first kappa shape index (κ1) is 10.5. The molecule has 0 amide bonds. The number of hydrogen-bond donors (Lipinski definition) is 0. The first-order chi connectivity index (χ1) is 7.16. The van der Waals surface area contributed by atoms with Gasteiger partial charge in [0, 0.05) is 11.3 Å². The van der Waals surface area contributed by atoms with Gasteiger partial charge in [0.25, 0.3) is 0 Å². The van der Waals surface area contributed by atoms with Gasteiger partial charge < -0.3 is 4.74 Å². The van der Waals surface area contributed by atoms with E-state index in [-0.39, 0.29) is 23.1 Å². The molecule has 80 valence electrons. The number of ether oxygens (including phenoxy) is 1. The number of thioether (sulfide) groups is 1. The Labute approximate surface area is 91.8 Å². The number of hydrogen-bond acceptors (Lipinski definition) is 3. The van der Waals surface area contributed by atoms with Gasteiger partial charge in [-0.05, 0) is 19.1 Å². The third-order valence-corrected chi connectivity index (χ3v) is 3.49. The van der Waals surface area contributed by atoms with Crippen LogP contribution in [0.15, 0.2) is 29.2 Å². The average Bonchev–Trinajstić information content (AvgIpc) is 2.49. The summed E-state index contributed by atoms with van der Waals surface area (Å²) in [7, 11) is 0. The maximum absolute atomic E-state index is 13.3. The van der Waals surface area contributed by atoms with Gasteiger partial charge >= 0.3 is 5.97 Å². The lowest BCUT2D eigenvalue weighted by atomic mass is 10.3. The zero-order chi connectivity index (χ0) is 10.8. The highest BCUT2D eigenvalue weighted by atomic mass is 32.2. The van der Waals surface area contributed by atoms with E-state index < -0.39 is 0 Å². The summed E-state index contributed by atoms with van der Waals surface area (Å²) in [5.41, 5.74) is 0. The van der Waals surface area contributed by atoms with Crippen LogP contribution in [0.3, 0.4) is 0 Å². The average molecular weight is 226 g/mol. The molecule has 1 aromatic carbocycles. The molecule has 0 aromatic heterocycles. The van der Waals surface area contributed by atoms with Crippen molar-refractivity contribution in [1.82, 2.24) is 0 Å². The molecule has 0 radical (unpaired) electrons. The highest BCUT2D eigenvalue weighted by Crippen LogP contribution is 2.33. The third-order valence-electron chi connectivity index (χ3n) is 2.23. The third kappa shape index (κ3) is 2.31. The summed E-state index contributed by atoms with van der Waals surface area (Å²) in [6, 6.07) is 6.46. The lowest BCUT2D eigenvalue weighted by molar-refractivity contribution is -0.140. The van der Waals surface area contributed by atoms with Crippen molar-refractivity contribution < 1.29 is 13.9 Å². The maximum atomic E-state index is 13.3. The molecular weight excluding hydrogens is 215 g/mol. The monoisotopic (exact) mass is 226 g/mol. The second-order valence-electron chi connectivity index (χ2n) is 3.52. The van der Waals surface area contributed by atoms with Crippen molar-refractivity contribution in [1.29, 1.82) is 0 Å².